The van der Waals surface area contributed by atoms with Crippen LogP contribution in [-0.2, 0) is 11.3 Å². The van der Waals surface area contributed by atoms with Gasteiger partial charge in [0.05, 0.1) is 18.8 Å². The predicted octanol–water partition coefficient (Wildman–Crippen LogP) is 2.95. The Kier molecular flexibility index (Phi) is 4.04. The van der Waals surface area contributed by atoms with Gasteiger partial charge in [0.15, 0.2) is 0 Å². The van der Waals surface area contributed by atoms with Gasteiger partial charge in [-0.2, -0.15) is 5.10 Å². The summed E-state index contributed by atoms with van der Waals surface area (Å²) in [4.78, 5) is 7.17. The lowest BCUT2D eigenvalue weighted by atomic mass is 9.79. The fraction of sp³-hybridized carbons (Fsp3) is 0.579. The molecule has 5 heteroatoms. The maximum Gasteiger partial charge on any atom is 0.128 e. The highest BCUT2D eigenvalue weighted by molar-refractivity contribution is 5.40. The van der Waals surface area contributed by atoms with Crippen molar-refractivity contribution in [1.29, 1.82) is 0 Å². The molecular weight excluding hydrogens is 300 g/mol. The van der Waals surface area contributed by atoms with E-state index in [0.29, 0.717) is 5.41 Å². The van der Waals surface area contributed by atoms with Crippen molar-refractivity contribution >= 4 is 5.82 Å². The normalized spacial score (nSPS) is 24.0. The molecule has 1 atom stereocenters. The van der Waals surface area contributed by atoms with E-state index in [2.05, 4.69) is 35.1 Å². The first kappa shape index (κ1) is 15.6. The van der Waals surface area contributed by atoms with Crippen LogP contribution in [0.4, 0.5) is 5.82 Å². The molecule has 0 unspecified atom stereocenters. The van der Waals surface area contributed by atoms with Crippen molar-refractivity contribution in [3.63, 3.8) is 0 Å². The van der Waals surface area contributed by atoms with Crippen molar-refractivity contribution in [1.82, 2.24) is 14.8 Å². The van der Waals surface area contributed by atoms with E-state index in [4.69, 9.17) is 9.72 Å². The summed E-state index contributed by atoms with van der Waals surface area (Å²) in [5, 5.41) is 4.53. The summed E-state index contributed by atoms with van der Waals surface area (Å²) in [6.45, 7) is 8.93. The Bertz CT molecular complexity index is 701. The molecule has 0 aromatic carbocycles. The van der Waals surface area contributed by atoms with Crippen LogP contribution in [0.1, 0.15) is 36.2 Å². The average Bonchev–Trinajstić information content (AvgIpc) is 3.15. The summed E-state index contributed by atoms with van der Waals surface area (Å²) in [7, 11) is 0. The van der Waals surface area contributed by atoms with E-state index in [1.54, 1.807) is 0 Å². The smallest absolute Gasteiger partial charge is 0.128 e. The van der Waals surface area contributed by atoms with Gasteiger partial charge in [-0.25, -0.2) is 4.98 Å². The lowest BCUT2D eigenvalue weighted by Gasteiger charge is -2.40. The molecule has 0 saturated carbocycles. The second-order valence-electron chi connectivity index (χ2n) is 7.44. The van der Waals surface area contributed by atoms with Crippen LogP contribution >= 0.6 is 0 Å². The average molecular weight is 326 g/mol. The van der Waals surface area contributed by atoms with Gasteiger partial charge in [0.2, 0.25) is 0 Å². The molecule has 5 nitrogen and oxygen atoms in total. The summed E-state index contributed by atoms with van der Waals surface area (Å²) >= 11 is 0. The zero-order valence-corrected chi connectivity index (χ0v) is 14.7. The van der Waals surface area contributed by atoms with Crippen molar-refractivity contribution in [3.05, 3.63) is 41.3 Å². The molecule has 2 fully saturated rings. The summed E-state index contributed by atoms with van der Waals surface area (Å²) in [6.07, 6.45) is 5.72. The summed E-state index contributed by atoms with van der Waals surface area (Å²) in [5.41, 5.74) is 3.81. The van der Waals surface area contributed by atoms with Gasteiger partial charge in [0.1, 0.15) is 5.82 Å². The van der Waals surface area contributed by atoms with Crippen LogP contribution < -0.4 is 4.90 Å². The molecule has 0 aliphatic carbocycles. The number of rotatable bonds is 3. The highest BCUT2D eigenvalue weighted by Gasteiger charge is 2.39. The third kappa shape index (κ3) is 3.05. The largest absolute Gasteiger partial charge is 0.381 e. The Morgan fingerprint density at radius 1 is 1.25 bits per heavy atom. The number of hydrogen-bond donors (Lipinski definition) is 0. The monoisotopic (exact) mass is 326 g/mol. The molecule has 2 aromatic heterocycles. The molecule has 4 rings (SSSR count). The Morgan fingerprint density at radius 3 is 2.83 bits per heavy atom. The highest BCUT2D eigenvalue weighted by atomic mass is 16.5. The van der Waals surface area contributed by atoms with Gasteiger partial charge in [-0.15, -0.1) is 0 Å². The molecule has 128 valence electrons. The molecule has 2 aliphatic heterocycles. The fourth-order valence-electron chi connectivity index (χ4n) is 4.08. The number of hydrogen-bond acceptors (Lipinski definition) is 4. The van der Waals surface area contributed by atoms with E-state index < -0.39 is 0 Å². The van der Waals surface area contributed by atoms with Crippen molar-refractivity contribution in [2.45, 2.75) is 39.7 Å². The molecule has 2 aliphatic rings. The number of aromatic nitrogens is 3. The number of anilines is 1. The van der Waals surface area contributed by atoms with Crippen molar-refractivity contribution in [2.75, 3.05) is 31.2 Å². The standard InChI is InChI=1S/C19H26N4O/c1-15-10-16(2)23(21-15)12-17-4-5-18(20-11-17)22-8-3-6-19(13-22)7-9-24-14-19/h4-5,10-11H,3,6-9,12-14H2,1-2H3/t19-/m0/s1. The molecule has 24 heavy (non-hydrogen) atoms. The first-order valence-electron chi connectivity index (χ1n) is 8.92. The minimum atomic E-state index is 0.363. The zero-order valence-electron chi connectivity index (χ0n) is 14.7. The molecule has 0 amide bonds. The first-order chi connectivity index (χ1) is 11.6. The number of ether oxygens (including phenoxy) is 1. The number of aryl methyl sites for hydroxylation is 2. The van der Waals surface area contributed by atoms with Gasteiger partial charge in [0.25, 0.3) is 0 Å². The van der Waals surface area contributed by atoms with E-state index in [1.807, 2.05) is 17.8 Å². The van der Waals surface area contributed by atoms with Gasteiger partial charge in [-0.05, 0) is 50.8 Å². The van der Waals surface area contributed by atoms with Crippen molar-refractivity contribution < 1.29 is 4.74 Å². The maximum atomic E-state index is 5.66. The molecular formula is C19H26N4O. The Balaban J connectivity index is 1.46. The molecule has 4 heterocycles. The van der Waals surface area contributed by atoms with Crippen molar-refractivity contribution in [2.24, 2.45) is 5.41 Å². The van der Waals surface area contributed by atoms with Crippen LogP contribution in [0.25, 0.3) is 0 Å². The Morgan fingerprint density at radius 2 is 2.17 bits per heavy atom. The topological polar surface area (TPSA) is 43.2 Å². The quantitative estimate of drug-likeness (QED) is 0.870. The Labute approximate surface area is 143 Å². The third-order valence-electron chi connectivity index (χ3n) is 5.42. The SMILES string of the molecule is Cc1cc(C)n(Cc2ccc(N3CCC[C@]4(CCOC4)C3)nc2)n1. The van der Waals surface area contributed by atoms with E-state index in [9.17, 15) is 0 Å². The van der Waals surface area contributed by atoms with Crippen LogP contribution in [0.5, 0.6) is 0 Å². The van der Waals surface area contributed by atoms with Crippen LogP contribution in [0.3, 0.4) is 0 Å². The molecule has 1 spiro atoms. The number of pyridine rings is 1. The number of nitrogens with zero attached hydrogens (tertiary/aromatic N) is 4. The van der Waals surface area contributed by atoms with Crippen LogP contribution in [0.15, 0.2) is 24.4 Å². The summed E-state index contributed by atoms with van der Waals surface area (Å²) in [6, 6.07) is 6.46. The van der Waals surface area contributed by atoms with Gasteiger partial charge in [0, 0.05) is 37.0 Å². The van der Waals surface area contributed by atoms with Crippen molar-refractivity contribution in [3.8, 4) is 0 Å². The molecule has 0 radical (unpaired) electrons. The third-order valence-corrected chi connectivity index (χ3v) is 5.42. The molecule has 2 saturated heterocycles. The second-order valence-corrected chi connectivity index (χ2v) is 7.44. The number of piperidine rings is 1. The van der Waals surface area contributed by atoms with Crippen LogP contribution in [0.2, 0.25) is 0 Å². The maximum absolute atomic E-state index is 5.66. The van der Waals surface area contributed by atoms with E-state index in [0.717, 1.165) is 44.4 Å². The van der Waals surface area contributed by atoms with E-state index >= 15 is 0 Å². The van der Waals surface area contributed by atoms with Gasteiger partial charge < -0.3 is 9.64 Å². The zero-order chi connectivity index (χ0) is 16.6. The summed E-state index contributed by atoms with van der Waals surface area (Å²) in [5.74, 6) is 1.10. The van der Waals surface area contributed by atoms with Gasteiger partial charge >= 0.3 is 0 Å². The first-order valence-corrected chi connectivity index (χ1v) is 8.92. The van der Waals surface area contributed by atoms with Gasteiger partial charge in [-0.3, -0.25) is 4.68 Å². The molecule has 0 bridgehead atoms. The van der Waals surface area contributed by atoms with Crippen LogP contribution in [-0.4, -0.2) is 41.1 Å². The van der Waals surface area contributed by atoms with E-state index in [1.165, 1.54) is 30.5 Å². The van der Waals surface area contributed by atoms with E-state index in [-0.39, 0.29) is 0 Å². The molecule has 2 aromatic rings. The second kappa shape index (κ2) is 6.20. The fourth-order valence-corrected chi connectivity index (χ4v) is 4.08. The summed E-state index contributed by atoms with van der Waals surface area (Å²) < 4.78 is 7.70. The van der Waals surface area contributed by atoms with Gasteiger partial charge in [-0.1, -0.05) is 6.07 Å². The lowest BCUT2D eigenvalue weighted by Crippen LogP contribution is -2.44. The molecule has 0 N–H and O–H groups in total. The Hall–Kier alpha value is -1.88. The minimum absolute atomic E-state index is 0.363. The highest BCUT2D eigenvalue weighted by Crippen LogP contribution is 2.38. The lowest BCUT2D eigenvalue weighted by molar-refractivity contribution is 0.139. The predicted molar refractivity (Wildman–Crippen MR) is 94.4 cm³/mol. The minimum Gasteiger partial charge on any atom is -0.381 e. The van der Waals surface area contributed by atoms with Crippen LogP contribution in [0, 0.1) is 19.3 Å².